The van der Waals surface area contributed by atoms with Crippen molar-refractivity contribution < 1.29 is 9.59 Å². The summed E-state index contributed by atoms with van der Waals surface area (Å²) in [6, 6.07) is 13.7. The molecule has 2 aromatic rings. The van der Waals surface area contributed by atoms with E-state index in [4.69, 9.17) is 0 Å². The number of nitrogens with zero attached hydrogens (tertiary/aromatic N) is 1. The molecule has 2 aromatic carbocycles. The third kappa shape index (κ3) is 1.36. The monoisotopic (exact) mass is 289 g/mol. The van der Waals surface area contributed by atoms with Gasteiger partial charge in [0.25, 0.3) is 0 Å². The van der Waals surface area contributed by atoms with E-state index in [9.17, 15) is 9.59 Å². The Morgan fingerprint density at radius 1 is 0.818 bits per heavy atom. The van der Waals surface area contributed by atoms with E-state index in [-0.39, 0.29) is 35.5 Å². The van der Waals surface area contributed by atoms with Crippen LogP contribution in [-0.4, -0.2) is 11.8 Å². The van der Waals surface area contributed by atoms with E-state index in [0.29, 0.717) is 0 Å². The maximum atomic E-state index is 12.9. The largest absolute Gasteiger partial charge is 0.274 e. The Bertz CT molecular complexity index is 818. The van der Waals surface area contributed by atoms with Crippen molar-refractivity contribution in [2.45, 2.75) is 6.42 Å². The Morgan fingerprint density at radius 3 is 2.18 bits per heavy atom. The molecule has 1 heterocycles. The summed E-state index contributed by atoms with van der Waals surface area (Å²) in [7, 11) is 0. The Balaban J connectivity index is 1.67. The molecule has 108 valence electrons. The third-order valence-corrected chi connectivity index (χ3v) is 5.48. The summed E-state index contributed by atoms with van der Waals surface area (Å²) >= 11 is 0. The van der Waals surface area contributed by atoms with E-state index < -0.39 is 0 Å². The first-order valence-electron chi connectivity index (χ1n) is 7.79. The average molecular weight is 289 g/mol. The number of fused-ring (bicyclic) bond motifs is 6. The predicted molar refractivity (Wildman–Crippen MR) is 84.2 cm³/mol. The topological polar surface area (TPSA) is 37.4 Å². The van der Waals surface area contributed by atoms with Crippen LogP contribution in [0, 0.1) is 23.7 Å². The van der Waals surface area contributed by atoms with Crippen LogP contribution in [0.2, 0.25) is 0 Å². The molecule has 0 N–H and O–H groups in total. The van der Waals surface area contributed by atoms with Crippen LogP contribution in [0.4, 0.5) is 5.69 Å². The summed E-state index contributed by atoms with van der Waals surface area (Å²) in [4.78, 5) is 27.3. The zero-order chi connectivity index (χ0) is 14.8. The molecule has 1 saturated carbocycles. The highest BCUT2D eigenvalue weighted by Crippen LogP contribution is 2.53. The smallest absolute Gasteiger partial charge is 0.238 e. The first-order chi connectivity index (χ1) is 10.8. The molecule has 0 aromatic heterocycles. The van der Waals surface area contributed by atoms with Crippen molar-refractivity contribution in [3.05, 3.63) is 54.6 Å². The van der Waals surface area contributed by atoms with Gasteiger partial charge >= 0.3 is 0 Å². The lowest BCUT2D eigenvalue weighted by Crippen LogP contribution is -2.33. The lowest BCUT2D eigenvalue weighted by atomic mass is 9.85. The molecule has 0 radical (unpaired) electrons. The fourth-order valence-corrected chi connectivity index (χ4v) is 4.54. The normalized spacial score (nSPS) is 32.3. The minimum Gasteiger partial charge on any atom is -0.274 e. The number of amides is 2. The first kappa shape index (κ1) is 12.2. The summed E-state index contributed by atoms with van der Waals surface area (Å²) in [5, 5.41) is 2.02. The van der Waals surface area contributed by atoms with Gasteiger partial charge < -0.3 is 0 Å². The molecule has 4 atom stereocenters. The van der Waals surface area contributed by atoms with Crippen LogP contribution in [0.5, 0.6) is 0 Å². The molecule has 0 unspecified atom stereocenters. The molecule has 2 fully saturated rings. The van der Waals surface area contributed by atoms with E-state index in [0.717, 1.165) is 22.9 Å². The van der Waals surface area contributed by atoms with Crippen LogP contribution < -0.4 is 4.90 Å². The predicted octanol–water partition coefficient (Wildman–Crippen LogP) is 3.15. The van der Waals surface area contributed by atoms with Crippen molar-refractivity contribution in [2.24, 2.45) is 23.7 Å². The summed E-state index contributed by atoms with van der Waals surface area (Å²) in [5.74, 6) is 0.215. The Morgan fingerprint density at radius 2 is 1.45 bits per heavy atom. The van der Waals surface area contributed by atoms with Crippen molar-refractivity contribution in [3.8, 4) is 0 Å². The zero-order valence-corrected chi connectivity index (χ0v) is 12.0. The van der Waals surface area contributed by atoms with Crippen LogP contribution in [0.25, 0.3) is 10.8 Å². The lowest BCUT2D eigenvalue weighted by Gasteiger charge is -2.19. The number of carbonyl (C=O) groups excluding carboxylic acids is 2. The highest BCUT2D eigenvalue weighted by molar-refractivity contribution is 6.25. The third-order valence-electron chi connectivity index (χ3n) is 5.48. The number of anilines is 1. The van der Waals surface area contributed by atoms with Gasteiger partial charge in [0.1, 0.15) is 0 Å². The van der Waals surface area contributed by atoms with Gasteiger partial charge in [-0.3, -0.25) is 9.59 Å². The molecule has 0 spiro atoms. The lowest BCUT2D eigenvalue weighted by molar-refractivity contribution is -0.123. The number of hydrogen-bond donors (Lipinski definition) is 0. The van der Waals surface area contributed by atoms with Gasteiger partial charge in [-0.15, -0.1) is 0 Å². The summed E-state index contributed by atoms with van der Waals surface area (Å²) < 4.78 is 0. The molecular weight excluding hydrogens is 274 g/mol. The summed E-state index contributed by atoms with van der Waals surface area (Å²) in [6.07, 6.45) is 5.23. The molecule has 2 bridgehead atoms. The number of carbonyl (C=O) groups is 2. The van der Waals surface area contributed by atoms with Gasteiger partial charge in [-0.05, 0) is 29.7 Å². The number of imide groups is 1. The van der Waals surface area contributed by atoms with Gasteiger partial charge in [0, 0.05) is 5.39 Å². The zero-order valence-electron chi connectivity index (χ0n) is 12.0. The van der Waals surface area contributed by atoms with Crippen LogP contribution in [-0.2, 0) is 9.59 Å². The standard InChI is InChI=1S/C19H15NO2/c21-18-16-12-8-9-13(10-12)17(16)19(22)20(18)15-7-3-5-11-4-1-2-6-14(11)15/h1-9,12-13,16-17H,10H2/t12-,13-,16-,17-/m0/s1. The molecular formula is C19H15NO2. The van der Waals surface area contributed by atoms with Gasteiger partial charge in [-0.25, -0.2) is 4.90 Å². The number of hydrogen-bond acceptors (Lipinski definition) is 2. The first-order valence-corrected chi connectivity index (χ1v) is 7.79. The molecule has 5 rings (SSSR count). The number of benzene rings is 2. The second-order valence-corrected chi connectivity index (χ2v) is 6.51. The van der Waals surface area contributed by atoms with Gasteiger partial charge in [0.15, 0.2) is 0 Å². The van der Waals surface area contributed by atoms with Crippen LogP contribution in [0.3, 0.4) is 0 Å². The molecule has 3 aliphatic rings. The van der Waals surface area contributed by atoms with Crippen molar-refractivity contribution in [1.82, 2.24) is 0 Å². The van der Waals surface area contributed by atoms with Crippen LogP contribution in [0.15, 0.2) is 54.6 Å². The summed E-state index contributed by atoms with van der Waals surface area (Å²) in [6.45, 7) is 0. The van der Waals surface area contributed by atoms with Gasteiger partial charge in [0.05, 0.1) is 17.5 Å². The molecule has 3 nitrogen and oxygen atoms in total. The SMILES string of the molecule is O=C1[C@@H]2[C@@H](C(=O)N1c1cccc3ccccc13)[C@H]1C=C[C@H]2C1. The van der Waals surface area contributed by atoms with Gasteiger partial charge in [-0.1, -0.05) is 48.6 Å². The van der Waals surface area contributed by atoms with E-state index in [1.54, 1.807) is 0 Å². The van der Waals surface area contributed by atoms with Crippen molar-refractivity contribution in [2.75, 3.05) is 4.90 Å². The van der Waals surface area contributed by atoms with Crippen molar-refractivity contribution in [1.29, 1.82) is 0 Å². The fraction of sp³-hybridized carbons (Fsp3) is 0.263. The fourth-order valence-electron chi connectivity index (χ4n) is 4.54. The molecule has 2 amide bonds. The molecule has 1 saturated heterocycles. The number of rotatable bonds is 1. The molecule has 1 aliphatic heterocycles. The minimum atomic E-state index is -0.138. The summed E-state index contributed by atoms with van der Waals surface area (Å²) in [5.41, 5.74) is 0.738. The Kier molecular flexibility index (Phi) is 2.25. The van der Waals surface area contributed by atoms with Crippen LogP contribution in [0.1, 0.15) is 6.42 Å². The highest BCUT2D eigenvalue weighted by Gasteiger charge is 2.59. The average Bonchev–Trinajstić information content (AvgIpc) is 3.21. The second kappa shape index (κ2) is 4.07. The molecule has 22 heavy (non-hydrogen) atoms. The Labute approximate surface area is 128 Å². The second-order valence-electron chi connectivity index (χ2n) is 6.51. The van der Waals surface area contributed by atoms with E-state index in [1.165, 1.54) is 4.90 Å². The van der Waals surface area contributed by atoms with E-state index in [2.05, 4.69) is 12.2 Å². The highest BCUT2D eigenvalue weighted by atomic mass is 16.2. The number of allylic oxidation sites excluding steroid dienone is 2. The maximum Gasteiger partial charge on any atom is 0.238 e. The molecule has 2 aliphatic carbocycles. The van der Waals surface area contributed by atoms with E-state index >= 15 is 0 Å². The molecule has 3 heteroatoms. The van der Waals surface area contributed by atoms with Crippen LogP contribution >= 0.6 is 0 Å². The van der Waals surface area contributed by atoms with Gasteiger partial charge in [-0.2, -0.15) is 0 Å². The minimum absolute atomic E-state index is 0.0109. The van der Waals surface area contributed by atoms with Gasteiger partial charge in [0.2, 0.25) is 11.8 Å². The quantitative estimate of drug-likeness (QED) is 0.597. The van der Waals surface area contributed by atoms with Crippen molar-refractivity contribution in [3.63, 3.8) is 0 Å². The van der Waals surface area contributed by atoms with E-state index in [1.807, 2.05) is 42.5 Å². The maximum absolute atomic E-state index is 12.9. The van der Waals surface area contributed by atoms with Crippen molar-refractivity contribution >= 4 is 28.3 Å². The Hall–Kier alpha value is -2.42.